The lowest BCUT2D eigenvalue weighted by Gasteiger charge is -2.08. The van der Waals surface area contributed by atoms with Crippen LogP contribution in [0.1, 0.15) is 5.56 Å². The van der Waals surface area contributed by atoms with Crippen LogP contribution in [0.2, 0.25) is 5.02 Å². The fourth-order valence-electron chi connectivity index (χ4n) is 1.78. The second-order valence-electron chi connectivity index (χ2n) is 4.47. The van der Waals surface area contributed by atoms with Crippen LogP contribution in [0, 0.1) is 0 Å². The molecule has 0 bridgehead atoms. The molecule has 0 unspecified atom stereocenters. The van der Waals surface area contributed by atoms with Gasteiger partial charge in [-0.3, -0.25) is 0 Å². The Bertz CT molecular complexity index is 699. The molecule has 0 amide bonds. The zero-order valence-electron chi connectivity index (χ0n) is 11.3. The summed E-state index contributed by atoms with van der Waals surface area (Å²) < 4.78 is 29.8. The van der Waals surface area contributed by atoms with E-state index in [1.807, 2.05) is 0 Å². The minimum absolute atomic E-state index is 0.0802. The van der Waals surface area contributed by atoms with Crippen molar-refractivity contribution in [3.8, 4) is 5.75 Å². The average Bonchev–Trinajstić information content (AvgIpc) is 2.49. The average molecular weight is 326 g/mol. The number of rotatable bonds is 6. The van der Waals surface area contributed by atoms with Gasteiger partial charge >= 0.3 is 0 Å². The molecular formula is C15H16ClNO3S. The molecule has 0 atom stereocenters. The molecule has 0 saturated heterocycles. The Morgan fingerprint density at radius 1 is 1.10 bits per heavy atom. The van der Waals surface area contributed by atoms with Crippen molar-refractivity contribution in [1.82, 2.24) is 0 Å². The summed E-state index contributed by atoms with van der Waals surface area (Å²) in [5.74, 6) is 0.495. The van der Waals surface area contributed by atoms with E-state index in [2.05, 4.69) is 0 Å². The van der Waals surface area contributed by atoms with E-state index in [0.717, 1.165) is 5.56 Å². The molecule has 0 radical (unpaired) electrons. The standard InChI is InChI=1S/C15H16ClNO3S/c16-13-4-6-14(7-5-13)20-8-9-21(18,19)15-3-1-2-12(10-15)11-17/h1-7,10H,8-9,11,17H2. The number of sulfone groups is 1. The second-order valence-corrected chi connectivity index (χ2v) is 7.02. The largest absolute Gasteiger partial charge is 0.493 e. The summed E-state index contributed by atoms with van der Waals surface area (Å²) in [5, 5.41) is 0.605. The molecule has 0 fully saturated rings. The van der Waals surface area contributed by atoms with Crippen LogP contribution in [-0.2, 0) is 16.4 Å². The highest BCUT2D eigenvalue weighted by atomic mass is 35.5. The Morgan fingerprint density at radius 3 is 2.48 bits per heavy atom. The predicted molar refractivity (Wildman–Crippen MR) is 83.3 cm³/mol. The molecular weight excluding hydrogens is 310 g/mol. The number of nitrogens with two attached hydrogens (primary N) is 1. The van der Waals surface area contributed by atoms with Gasteiger partial charge in [0, 0.05) is 11.6 Å². The third-order valence-electron chi connectivity index (χ3n) is 2.93. The summed E-state index contributed by atoms with van der Waals surface area (Å²) in [6.45, 7) is 0.390. The maximum atomic E-state index is 12.2. The molecule has 0 aliphatic carbocycles. The summed E-state index contributed by atoms with van der Waals surface area (Å²) in [4.78, 5) is 0.269. The molecule has 4 nitrogen and oxygen atoms in total. The Balaban J connectivity index is 1.99. The van der Waals surface area contributed by atoms with E-state index in [-0.39, 0.29) is 17.3 Å². The van der Waals surface area contributed by atoms with Crippen LogP contribution in [0.3, 0.4) is 0 Å². The lowest BCUT2D eigenvalue weighted by molar-refractivity contribution is 0.341. The van der Waals surface area contributed by atoms with Crippen LogP contribution in [0.25, 0.3) is 0 Å². The molecule has 0 spiro atoms. The highest BCUT2D eigenvalue weighted by molar-refractivity contribution is 7.91. The molecule has 2 N–H and O–H groups in total. The Morgan fingerprint density at radius 2 is 1.81 bits per heavy atom. The van der Waals surface area contributed by atoms with Gasteiger partial charge in [0.15, 0.2) is 9.84 Å². The molecule has 0 heterocycles. The van der Waals surface area contributed by atoms with Gasteiger partial charge in [0.05, 0.1) is 10.6 Å². The molecule has 6 heteroatoms. The molecule has 0 aromatic heterocycles. The van der Waals surface area contributed by atoms with Gasteiger partial charge in [-0.05, 0) is 42.0 Å². The van der Waals surface area contributed by atoms with Crippen molar-refractivity contribution in [3.63, 3.8) is 0 Å². The van der Waals surface area contributed by atoms with Gasteiger partial charge in [0.2, 0.25) is 0 Å². The maximum absolute atomic E-state index is 12.2. The Hall–Kier alpha value is -1.56. The summed E-state index contributed by atoms with van der Waals surface area (Å²) in [6, 6.07) is 13.4. The number of benzene rings is 2. The molecule has 2 aromatic carbocycles. The van der Waals surface area contributed by atoms with E-state index in [1.165, 1.54) is 0 Å². The number of halogens is 1. The maximum Gasteiger partial charge on any atom is 0.181 e. The molecule has 21 heavy (non-hydrogen) atoms. The first kappa shape index (κ1) is 15.8. The molecule has 112 valence electrons. The Kier molecular flexibility index (Phi) is 5.22. The van der Waals surface area contributed by atoms with Gasteiger partial charge in [-0.1, -0.05) is 23.7 Å². The highest BCUT2D eigenvalue weighted by Crippen LogP contribution is 2.17. The highest BCUT2D eigenvalue weighted by Gasteiger charge is 2.14. The lowest BCUT2D eigenvalue weighted by Crippen LogP contribution is -2.14. The van der Waals surface area contributed by atoms with E-state index in [4.69, 9.17) is 22.1 Å². The van der Waals surface area contributed by atoms with E-state index < -0.39 is 9.84 Å². The fraction of sp³-hybridized carbons (Fsp3) is 0.200. The first-order valence-electron chi connectivity index (χ1n) is 6.41. The van der Waals surface area contributed by atoms with Gasteiger partial charge in [-0.25, -0.2) is 8.42 Å². The van der Waals surface area contributed by atoms with Gasteiger partial charge in [0.25, 0.3) is 0 Å². The van der Waals surface area contributed by atoms with Crippen LogP contribution >= 0.6 is 11.6 Å². The van der Waals surface area contributed by atoms with Crippen molar-refractivity contribution >= 4 is 21.4 Å². The smallest absolute Gasteiger partial charge is 0.181 e. The van der Waals surface area contributed by atoms with Gasteiger partial charge in [0.1, 0.15) is 12.4 Å². The number of hydrogen-bond donors (Lipinski definition) is 1. The Labute approximate surface area is 129 Å². The third-order valence-corrected chi connectivity index (χ3v) is 4.86. The molecule has 0 saturated carbocycles. The van der Waals surface area contributed by atoms with Crippen molar-refractivity contribution in [3.05, 3.63) is 59.1 Å². The molecule has 2 rings (SSSR count). The first-order chi connectivity index (χ1) is 10.0. The summed E-state index contributed by atoms with van der Waals surface area (Å²) >= 11 is 5.77. The molecule has 2 aromatic rings. The summed E-state index contributed by atoms with van der Waals surface area (Å²) in [6.07, 6.45) is 0. The first-order valence-corrected chi connectivity index (χ1v) is 8.44. The van der Waals surface area contributed by atoms with Crippen LogP contribution in [0.5, 0.6) is 5.75 Å². The second kappa shape index (κ2) is 6.93. The van der Waals surface area contributed by atoms with Gasteiger partial charge in [-0.2, -0.15) is 0 Å². The van der Waals surface area contributed by atoms with E-state index in [1.54, 1.807) is 48.5 Å². The number of ether oxygens (including phenoxy) is 1. The molecule has 0 aliphatic rings. The fourth-order valence-corrected chi connectivity index (χ4v) is 3.07. The third kappa shape index (κ3) is 4.46. The van der Waals surface area contributed by atoms with E-state index >= 15 is 0 Å². The predicted octanol–water partition coefficient (Wildman–Crippen LogP) is 2.65. The quantitative estimate of drug-likeness (QED) is 0.886. The SMILES string of the molecule is NCc1cccc(S(=O)(=O)CCOc2ccc(Cl)cc2)c1. The van der Waals surface area contributed by atoms with Crippen molar-refractivity contribution < 1.29 is 13.2 Å². The van der Waals surface area contributed by atoms with Crippen molar-refractivity contribution in [2.45, 2.75) is 11.4 Å². The monoisotopic (exact) mass is 325 g/mol. The zero-order chi connectivity index (χ0) is 15.3. The van der Waals surface area contributed by atoms with Crippen molar-refractivity contribution in [1.29, 1.82) is 0 Å². The van der Waals surface area contributed by atoms with E-state index in [9.17, 15) is 8.42 Å². The summed E-state index contributed by atoms with van der Waals surface area (Å²) in [7, 11) is -3.38. The van der Waals surface area contributed by atoms with Gasteiger partial charge < -0.3 is 10.5 Å². The van der Waals surface area contributed by atoms with Crippen molar-refractivity contribution in [2.75, 3.05) is 12.4 Å². The lowest BCUT2D eigenvalue weighted by atomic mass is 10.2. The topological polar surface area (TPSA) is 69.4 Å². The van der Waals surface area contributed by atoms with Crippen LogP contribution in [0.4, 0.5) is 0 Å². The zero-order valence-corrected chi connectivity index (χ0v) is 12.9. The normalized spacial score (nSPS) is 11.3. The summed E-state index contributed by atoms with van der Waals surface area (Å²) in [5.41, 5.74) is 6.31. The van der Waals surface area contributed by atoms with Crippen LogP contribution in [-0.4, -0.2) is 20.8 Å². The molecule has 0 aliphatic heterocycles. The van der Waals surface area contributed by atoms with Crippen molar-refractivity contribution in [2.24, 2.45) is 5.73 Å². The van der Waals surface area contributed by atoms with Crippen LogP contribution in [0.15, 0.2) is 53.4 Å². The van der Waals surface area contributed by atoms with Crippen LogP contribution < -0.4 is 10.5 Å². The number of hydrogen-bond acceptors (Lipinski definition) is 4. The minimum atomic E-state index is -3.38. The van der Waals surface area contributed by atoms with E-state index in [0.29, 0.717) is 17.3 Å². The van der Waals surface area contributed by atoms with Gasteiger partial charge in [-0.15, -0.1) is 0 Å². The minimum Gasteiger partial charge on any atom is -0.493 e.